The fraction of sp³-hybridized carbons (Fsp3) is 0.0952. The Morgan fingerprint density at radius 2 is 1.82 bits per heavy atom. The lowest BCUT2D eigenvalue weighted by Crippen LogP contribution is -2.01. The second-order valence-corrected chi connectivity index (χ2v) is 6.72. The van der Waals surface area contributed by atoms with Gasteiger partial charge in [0.1, 0.15) is 22.9 Å². The van der Waals surface area contributed by atoms with Crippen LogP contribution in [0, 0.1) is 11.6 Å². The van der Waals surface area contributed by atoms with E-state index in [1.54, 1.807) is 18.2 Å². The lowest BCUT2D eigenvalue weighted by Gasteiger charge is -2.09. The van der Waals surface area contributed by atoms with Gasteiger partial charge in [-0.1, -0.05) is 24.3 Å². The molecule has 7 heteroatoms. The Hall–Kier alpha value is -3.06. The molecule has 0 aliphatic rings. The van der Waals surface area contributed by atoms with Gasteiger partial charge in [0.05, 0.1) is 7.11 Å². The van der Waals surface area contributed by atoms with Crippen molar-refractivity contribution in [2.24, 2.45) is 0 Å². The first kappa shape index (κ1) is 19.7. The standard InChI is InChI=1S/C21H17F2NO3S/c1-27-21(26)17-8-7-16(11-20(17)25)24-28-12-13-2-4-14(5-3-13)18-10-15(22)6-9-19(18)23/h2-11,24-25H,12H2,1H3. The number of phenols is 1. The second-order valence-electron chi connectivity index (χ2n) is 5.94. The number of hydrogen-bond acceptors (Lipinski definition) is 5. The summed E-state index contributed by atoms with van der Waals surface area (Å²) in [6.45, 7) is 0. The van der Waals surface area contributed by atoms with Crippen LogP contribution in [-0.2, 0) is 10.5 Å². The Morgan fingerprint density at radius 3 is 2.50 bits per heavy atom. The van der Waals surface area contributed by atoms with Gasteiger partial charge in [0.15, 0.2) is 0 Å². The number of carbonyl (C=O) groups is 1. The molecule has 3 rings (SSSR count). The zero-order chi connectivity index (χ0) is 20.1. The minimum absolute atomic E-state index is 0.0956. The van der Waals surface area contributed by atoms with E-state index in [9.17, 15) is 18.7 Å². The van der Waals surface area contributed by atoms with E-state index in [0.29, 0.717) is 17.0 Å². The number of esters is 1. The largest absolute Gasteiger partial charge is 0.507 e. The van der Waals surface area contributed by atoms with Gasteiger partial charge < -0.3 is 14.6 Å². The molecular weight excluding hydrogens is 384 g/mol. The van der Waals surface area contributed by atoms with Gasteiger partial charge >= 0.3 is 5.97 Å². The molecule has 0 heterocycles. The number of carbonyl (C=O) groups excluding carboxylic acids is 1. The van der Waals surface area contributed by atoms with E-state index in [2.05, 4.69) is 9.46 Å². The molecule has 0 saturated heterocycles. The number of rotatable bonds is 6. The number of nitrogens with one attached hydrogen (secondary N) is 1. The zero-order valence-corrected chi connectivity index (χ0v) is 15.7. The first-order valence-corrected chi connectivity index (χ1v) is 9.30. The number of halogens is 2. The van der Waals surface area contributed by atoms with E-state index in [0.717, 1.165) is 17.7 Å². The predicted octanol–water partition coefficient (Wildman–Crippen LogP) is 5.38. The SMILES string of the molecule is COC(=O)c1ccc(NSCc2ccc(-c3cc(F)ccc3F)cc2)cc1O. The number of anilines is 1. The first-order chi connectivity index (χ1) is 13.5. The van der Waals surface area contributed by atoms with Crippen LogP contribution in [-0.4, -0.2) is 18.2 Å². The maximum absolute atomic E-state index is 13.8. The van der Waals surface area contributed by atoms with Gasteiger partial charge in [0.2, 0.25) is 0 Å². The van der Waals surface area contributed by atoms with Crippen LogP contribution in [0.4, 0.5) is 14.5 Å². The lowest BCUT2D eigenvalue weighted by molar-refractivity contribution is 0.0597. The van der Waals surface area contributed by atoms with Crippen LogP contribution >= 0.6 is 11.9 Å². The predicted molar refractivity (Wildman–Crippen MR) is 106 cm³/mol. The van der Waals surface area contributed by atoms with E-state index in [4.69, 9.17) is 0 Å². The molecule has 0 aliphatic heterocycles. The maximum atomic E-state index is 13.8. The van der Waals surface area contributed by atoms with E-state index in [-0.39, 0.29) is 16.9 Å². The van der Waals surface area contributed by atoms with Crippen molar-refractivity contribution < 1.29 is 23.4 Å². The van der Waals surface area contributed by atoms with Gasteiger partial charge in [0.25, 0.3) is 0 Å². The minimum atomic E-state index is -0.605. The molecule has 0 aromatic heterocycles. The summed E-state index contributed by atoms with van der Waals surface area (Å²) in [7, 11) is 1.25. The molecule has 144 valence electrons. The molecular formula is C21H17F2NO3S. The van der Waals surface area contributed by atoms with Crippen molar-refractivity contribution in [2.45, 2.75) is 5.75 Å². The highest BCUT2D eigenvalue weighted by Gasteiger charge is 2.11. The highest BCUT2D eigenvalue weighted by molar-refractivity contribution is 7.99. The average Bonchev–Trinajstić information content (AvgIpc) is 2.70. The fourth-order valence-electron chi connectivity index (χ4n) is 2.58. The van der Waals surface area contributed by atoms with Crippen molar-refractivity contribution in [1.82, 2.24) is 0 Å². The molecule has 3 aromatic rings. The van der Waals surface area contributed by atoms with E-state index in [1.165, 1.54) is 37.3 Å². The Morgan fingerprint density at radius 1 is 1.07 bits per heavy atom. The Balaban J connectivity index is 1.60. The normalized spacial score (nSPS) is 10.5. The maximum Gasteiger partial charge on any atom is 0.341 e. The van der Waals surface area contributed by atoms with Crippen LogP contribution in [0.2, 0.25) is 0 Å². The Bertz CT molecular complexity index is 993. The highest BCUT2D eigenvalue weighted by atomic mass is 32.2. The van der Waals surface area contributed by atoms with Gasteiger partial charge in [-0.15, -0.1) is 0 Å². The molecule has 0 radical (unpaired) electrons. The summed E-state index contributed by atoms with van der Waals surface area (Å²) in [5.41, 5.74) is 2.53. The van der Waals surface area contributed by atoms with E-state index < -0.39 is 17.6 Å². The van der Waals surface area contributed by atoms with Crippen molar-refractivity contribution >= 4 is 23.6 Å². The minimum Gasteiger partial charge on any atom is -0.507 e. The van der Waals surface area contributed by atoms with Gasteiger partial charge in [-0.3, -0.25) is 0 Å². The van der Waals surface area contributed by atoms with Gasteiger partial charge in [-0.2, -0.15) is 0 Å². The summed E-state index contributed by atoms with van der Waals surface area (Å²) < 4.78 is 34.8. The number of hydrogen-bond donors (Lipinski definition) is 2. The van der Waals surface area contributed by atoms with Crippen LogP contribution in [0.1, 0.15) is 15.9 Å². The first-order valence-electron chi connectivity index (χ1n) is 8.31. The molecule has 0 spiro atoms. The molecule has 0 atom stereocenters. The topological polar surface area (TPSA) is 58.6 Å². The lowest BCUT2D eigenvalue weighted by atomic mass is 10.0. The average molecular weight is 401 g/mol. The molecule has 0 aliphatic carbocycles. The summed E-state index contributed by atoms with van der Waals surface area (Å²) in [6.07, 6.45) is 0. The van der Waals surface area contributed by atoms with Crippen LogP contribution in [0.25, 0.3) is 11.1 Å². The summed E-state index contributed by atoms with van der Waals surface area (Å²) in [5, 5.41) is 9.88. The summed E-state index contributed by atoms with van der Waals surface area (Å²) >= 11 is 1.38. The third-order valence-corrected chi connectivity index (χ3v) is 4.88. The van der Waals surface area contributed by atoms with E-state index in [1.807, 2.05) is 12.1 Å². The van der Waals surface area contributed by atoms with Crippen LogP contribution in [0.15, 0.2) is 60.7 Å². The van der Waals surface area contributed by atoms with Crippen LogP contribution in [0.3, 0.4) is 0 Å². The summed E-state index contributed by atoms with van der Waals surface area (Å²) in [4.78, 5) is 11.5. The fourth-order valence-corrected chi connectivity index (χ4v) is 3.30. The molecule has 0 bridgehead atoms. The van der Waals surface area contributed by atoms with E-state index >= 15 is 0 Å². The number of aromatic hydroxyl groups is 1. The molecule has 3 aromatic carbocycles. The van der Waals surface area contributed by atoms with Gasteiger partial charge in [-0.05, 0) is 53.4 Å². The molecule has 0 fully saturated rings. The molecule has 4 nitrogen and oxygen atoms in total. The van der Waals surface area contributed by atoms with Crippen molar-refractivity contribution in [3.63, 3.8) is 0 Å². The van der Waals surface area contributed by atoms with Crippen molar-refractivity contribution in [3.05, 3.63) is 83.4 Å². The van der Waals surface area contributed by atoms with Crippen LogP contribution in [0.5, 0.6) is 5.75 Å². The number of phenolic OH excluding ortho intramolecular Hbond substituents is 1. The van der Waals surface area contributed by atoms with Gasteiger partial charge in [0, 0.05) is 23.1 Å². The summed E-state index contributed by atoms with van der Waals surface area (Å²) in [5.74, 6) is -1.13. The smallest absolute Gasteiger partial charge is 0.341 e. The van der Waals surface area contributed by atoms with Crippen molar-refractivity contribution in [1.29, 1.82) is 0 Å². The quantitative estimate of drug-likeness (QED) is 0.429. The van der Waals surface area contributed by atoms with Crippen molar-refractivity contribution in [2.75, 3.05) is 11.8 Å². The summed E-state index contributed by atoms with van der Waals surface area (Å²) in [6, 6.07) is 15.1. The number of ether oxygens (including phenoxy) is 1. The van der Waals surface area contributed by atoms with Crippen LogP contribution < -0.4 is 4.72 Å². The Kier molecular flexibility index (Phi) is 6.16. The molecule has 0 amide bonds. The second kappa shape index (κ2) is 8.75. The molecule has 28 heavy (non-hydrogen) atoms. The Labute approximate surface area is 165 Å². The zero-order valence-electron chi connectivity index (χ0n) is 14.9. The molecule has 0 saturated carbocycles. The highest BCUT2D eigenvalue weighted by Crippen LogP contribution is 2.27. The van der Waals surface area contributed by atoms with Crippen molar-refractivity contribution in [3.8, 4) is 16.9 Å². The third kappa shape index (κ3) is 4.61. The number of methoxy groups -OCH3 is 1. The molecule has 2 N–H and O–H groups in total. The monoisotopic (exact) mass is 401 g/mol. The number of benzene rings is 3. The molecule has 0 unspecified atom stereocenters. The van der Waals surface area contributed by atoms with Gasteiger partial charge in [-0.25, -0.2) is 13.6 Å². The third-order valence-electron chi connectivity index (χ3n) is 4.03.